The molecule has 156 valence electrons. The number of fused-ring (bicyclic) bond motifs is 6. The van der Waals surface area contributed by atoms with E-state index in [9.17, 15) is 14.4 Å². The first kappa shape index (κ1) is 19.1. The van der Waals surface area contributed by atoms with Gasteiger partial charge in [0.2, 0.25) is 0 Å². The molecule has 0 N–H and O–H groups in total. The van der Waals surface area contributed by atoms with Crippen LogP contribution in [0.3, 0.4) is 0 Å². The number of ether oxygens (including phenoxy) is 2. The van der Waals surface area contributed by atoms with Gasteiger partial charge in [-0.2, -0.15) is 0 Å². The average Bonchev–Trinajstić information content (AvgIpc) is 3.22. The van der Waals surface area contributed by atoms with Crippen molar-refractivity contribution in [3.8, 4) is 0 Å². The van der Waals surface area contributed by atoms with Gasteiger partial charge in [-0.05, 0) is 56.4 Å². The van der Waals surface area contributed by atoms with Crippen LogP contribution >= 0.6 is 0 Å². The molecule has 1 heterocycles. The van der Waals surface area contributed by atoms with Gasteiger partial charge in [0.15, 0.2) is 5.78 Å². The van der Waals surface area contributed by atoms with Crippen LogP contribution in [0, 0.1) is 28.6 Å². The molecule has 0 aromatic carbocycles. The van der Waals surface area contributed by atoms with E-state index in [4.69, 9.17) is 9.47 Å². The number of carbonyl (C=O) groups is 3. The highest BCUT2D eigenvalue weighted by Gasteiger charge is 2.67. The molecule has 5 aliphatic rings. The first-order valence-corrected chi connectivity index (χ1v) is 11.0. The molecule has 5 heteroatoms. The maximum absolute atomic E-state index is 12.9. The first-order valence-electron chi connectivity index (χ1n) is 11.0. The average molecular weight is 398 g/mol. The summed E-state index contributed by atoms with van der Waals surface area (Å²) in [6, 6.07) is 0. The van der Waals surface area contributed by atoms with Crippen molar-refractivity contribution in [3.05, 3.63) is 23.3 Å². The third-order valence-corrected chi connectivity index (χ3v) is 9.23. The van der Waals surface area contributed by atoms with E-state index in [1.807, 2.05) is 0 Å². The Morgan fingerprint density at radius 1 is 1.17 bits per heavy atom. The van der Waals surface area contributed by atoms with Crippen LogP contribution in [-0.4, -0.2) is 30.4 Å². The van der Waals surface area contributed by atoms with Crippen LogP contribution in [0.4, 0.5) is 0 Å². The summed E-state index contributed by atoms with van der Waals surface area (Å²) in [5.41, 5.74) is 1.72. The zero-order valence-electron chi connectivity index (χ0n) is 17.6. The van der Waals surface area contributed by atoms with E-state index in [-0.39, 0.29) is 46.3 Å². The standard InChI is InChI=1S/C24H30O5/c1-22-8-4-15(25)12-14(22)13-16(21(27)28-3)20-17(22)5-9-23(2)18(20)6-10-24(23)11-7-19(26)29-24/h5,12,16,18,20H,4,6-11,13H2,1-3H3/t16?,18?,20?,22-,23+,24+/m0/s1. The summed E-state index contributed by atoms with van der Waals surface area (Å²) >= 11 is 0. The van der Waals surface area contributed by atoms with Gasteiger partial charge in [0.05, 0.1) is 13.0 Å². The van der Waals surface area contributed by atoms with Crippen molar-refractivity contribution in [3.63, 3.8) is 0 Å². The first-order chi connectivity index (χ1) is 13.7. The Morgan fingerprint density at radius 2 is 1.97 bits per heavy atom. The lowest BCUT2D eigenvalue weighted by atomic mass is 9.48. The predicted molar refractivity (Wildman–Crippen MR) is 106 cm³/mol. The number of hydrogen-bond donors (Lipinski definition) is 0. The van der Waals surface area contributed by atoms with Gasteiger partial charge in [-0.3, -0.25) is 14.4 Å². The molecular weight excluding hydrogens is 368 g/mol. The Hall–Kier alpha value is -1.91. The van der Waals surface area contributed by atoms with Gasteiger partial charge >= 0.3 is 11.9 Å². The molecule has 3 unspecified atom stereocenters. The number of methoxy groups -OCH3 is 1. The van der Waals surface area contributed by atoms with Crippen molar-refractivity contribution in [1.82, 2.24) is 0 Å². The second kappa shape index (κ2) is 6.05. The van der Waals surface area contributed by atoms with E-state index in [0.717, 1.165) is 37.7 Å². The summed E-state index contributed by atoms with van der Waals surface area (Å²) < 4.78 is 11.2. The van der Waals surface area contributed by atoms with Crippen molar-refractivity contribution < 1.29 is 23.9 Å². The number of rotatable bonds is 1. The molecule has 1 spiro atoms. The van der Waals surface area contributed by atoms with E-state index >= 15 is 0 Å². The highest BCUT2D eigenvalue weighted by Crippen LogP contribution is 2.69. The summed E-state index contributed by atoms with van der Waals surface area (Å²) in [5.74, 6) is 0.00356. The minimum absolute atomic E-state index is 0.0854. The van der Waals surface area contributed by atoms with E-state index in [1.54, 1.807) is 6.08 Å². The Labute approximate surface area is 171 Å². The van der Waals surface area contributed by atoms with Crippen molar-refractivity contribution >= 4 is 17.7 Å². The third kappa shape index (κ3) is 2.36. The Morgan fingerprint density at radius 3 is 2.66 bits per heavy atom. The molecule has 5 nitrogen and oxygen atoms in total. The number of ketones is 1. The van der Waals surface area contributed by atoms with E-state index in [1.165, 1.54) is 12.7 Å². The van der Waals surface area contributed by atoms with Crippen molar-refractivity contribution in [1.29, 1.82) is 0 Å². The van der Waals surface area contributed by atoms with Gasteiger partial charge in [-0.1, -0.05) is 31.1 Å². The van der Waals surface area contributed by atoms with Crippen molar-refractivity contribution in [2.24, 2.45) is 28.6 Å². The largest absolute Gasteiger partial charge is 0.469 e. The van der Waals surface area contributed by atoms with Crippen LogP contribution in [0.15, 0.2) is 23.3 Å². The zero-order valence-corrected chi connectivity index (χ0v) is 17.6. The molecule has 0 aromatic rings. The second-order valence-electron chi connectivity index (χ2n) is 10.2. The minimum atomic E-state index is -0.392. The fourth-order valence-electron chi connectivity index (χ4n) is 7.53. The third-order valence-electron chi connectivity index (χ3n) is 9.23. The SMILES string of the molecule is COC(=O)C1CC2=CC(=O)CC[C@]2(C)C2=CC[C@]3(C)C(CC[C@@]34CCC(=O)O4)C21. The van der Waals surface area contributed by atoms with Crippen LogP contribution in [0.5, 0.6) is 0 Å². The fraction of sp³-hybridized carbons (Fsp3) is 0.708. The van der Waals surface area contributed by atoms with Gasteiger partial charge in [0, 0.05) is 23.7 Å². The molecule has 4 aliphatic carbocycles. The summed E-state index contributed by atoms with van der Waals surface area (Å²) in [6.07, 6.45) is 10.1. The maximum Gasteiger partial charge on any atom is 0.309 e. The smallest absolute Gasteiger partial charge is 0.309 e. The van der Waals surface area contributed by atoms with Crippen molar-refractivity contribution in [2.75, 3.05) is 7.11 Å². The van der Waals surface area contributed by atoms with Gasteiger partial charge in [-0.15, -0.1) is 0 Å². The molecule has 2 saturated carbocycles. The van der Waals surface area contributed by atoms with Crippen LogP contribution in [0.2, 0.25) is 0 Å². The van der Waals surface area contributed by atoms with Gasteiger partial charge < -0.3 is 9.47 Å². The van der Waals surface area contributed by atoms with Crippen LogP contribution < -0.4 is 0 Å². The monoisotopic (exact) mass is 398 g/mol. The number of esters is 2. The molecule has 5 rings (SSSR count). The van der Waals surface area contributed by atoms with E-state index in [0.29, 0.717) is 19.3 Å². The normalized spacial score (nSPS) is 45.7. The summed E-state index contributed by atoms with van der Waals surface area (Å²) in [7, 11) is 1.46. The van der Waals surface area contributed by atoms with Crippen LogP contribution in [0.1, 0.15) is 65.2 Å². The lowest BCUT2D eigenvalue weighted by Crippen LogP contribution is -2.53. The Kier molecular flexibility index (Phi) is 3.98. The summed E-state index contributed by atoms with van der Waals surface area (Å²) in [5, 5.41) is 0. The van der Waals surface area contributed by atoms with Crippen LogP contribution in [-0.2, 0) is 23.9 Å². The molecular formula is C24H30O5. The highest BCUT2D eigenvalue weighted by molar-refractivity contribution is 5.92. The summed E-state index contributed by atoms with van der Waals surface area (Å²) in [6.45, 7) is 4.52. The number of allylic oxidation sites excluding steroid dienone is 4. The second-order valence-corrected chi connectivity index (χ2v) is 10.2. The number of hydrogen-bond acceptors (Lipinski definition) is 5. The highest BCUT2D eigenvalue weighted by atomic mass is 16.6. The molecule has 3 fully saturated rings. The van der Waals surface area contributed by atoms with Crippen LogP contribution in [0.25, 0.3) is 0 Å². The van der Waals surface area contributed by atoms with E-state index in [2.05, 4.69) is 19.9 Å². The lowest BCUT2D eigenvalue weighted by molar-refractivity contribution is -0.163. The summed E-state index contributed by atoms with van der Waals surface area (Å²) in [4.78, 5) is 37.1. The number of carbonyl (C=O) groups excluding carboxylic acids is 3. The quantitative estimate of drug-likeness (QED) is 0.495. The van der Waals surface area contributed by atoms with Gasteiger partial charge in [0.1, 0.15) is 5.60 Å². The van der Waals surface area contributed by atoms with Gasteiger partial charge in [0.25, 0.3) is 0 Å². The lowest BCUT2D eigenvalue weighted by Gasteiger charge is -2.56. The molecule has 0 amide bonds. The molecule has 0 radical (unpaired) electrons. The Balaban J connectivity index is 1.63. The topological polar surface area (TPSA) is 69.7 Å². The molecule has 29 heavy (non-hydrogen) atoms. The fourth-order valence-corrected chi connectivity index (χ4v) is 7.53. The molecule has 1 saturated heterocycles. The molecule has 6 atom stereocenters. The van der Waals surface area contributed by atoms with Crippen molar-refractivity contribution in [2.45, 2.75) is 70.8 Å². The predicted octanol–water partition coefficient (Wildman–Crippen LogP) is 3.91. The molecule has 1 aliphatic heterocycles. The molecule has 0 aromatic heterocycles. The molecule has 0 bridgehead atoms. The maximum atomic E-state index is 12.9. The van der Waals surface area contributed by atoms with Gasteiger partial charge in [-0.25, -0.2) is 0 Å². The Bertz CT molecular complexity index is 868. The minimum Gasteiger partial charge on any atom is -0.469 e. The van der Waals surface area contributed by atoms with E-state index < -0.39 is 5.60 Å². The zero-order chi connectivity index (χ0) is 20.6.